The van der Waals surface area contributed by atoms with Gasteiger partial charge in [0, 0.05) is 32.9 Å². The molecule has 2 N–H and O–H groups in total. The molecular formula is C16H19N3O4. The maximum absolute atomic E-state index is 11.0. The SMILES string of the molecule is Cn1cnc(CN2C[C@@H](O)[C@H](Oc3cccc(C(=O)O)c3)C2)c1. The fourth-order valence-corrected chi connectivity index (χ4v) is 2.73. The number of likely N-dealkylation sites (tertiary alicyclic amines) is 1. The van der Waals surface area contributed by atoms with E-state index in [0.29, 0.717) is 25.4 Å². The first-order chi connectivity index (χ1) is 11.0. The van der Waals surface area contributed by atoms with E-state index < -0.39 is 12.1 Å². The van der Waals surface area contributed by atoms with Crippen molar-refractivity contribution < 1.29 is 19.7 Å². The van der Waals surface area contributed by atoms with Gasteiger partial charge in [0.15, 0.2) is 0 Å². The van der Waals surface area contributed by atoms with Crippen molar-refractivity contribution in [3.05, 3.63) is 48.0 Å². The summed E-state index contributed by atoms with van der Waals surface area (Å²) in [6.07, 6.45) is 2.68. The summed E-state index contributed by atoms with van der Waals surface area (Å²) in [5.41, 5.74) is 1.11. The molecule has 0 bridgehead atoms. The van der Waals surface area contributed by atoms with Gasteiger partial charge in [0.1, 0.15) is 18.0 Å². The minimum Gasteiger partial charge on any atom is -0.486 e. The Hall–Kier alpha value is -2.38. The maximum Gasteiger partial charge on any atom is 0.335 e. The molecule has 3 rings (SSSR count). The second-order valence-corrected chi connectivity index (χ2v) is 5.78. The number of ether oxygens (including phenoxy) is 1. The molecule has 23 heavy (non-hydrogen) atoms. The van der Waals surface area contributed by atoms with Crippen molar-refractivity contribution in [2.24, 2.45) is 7.05 Å². The lowest BCUT2D eigenvalue weighted by atomic mass is 10.2. The summed E-state index contributed by atoms with van der Waals surface area (Å²) in [6.45, 7) is 1.71. The zero-order valence-corrected chi connectivity index (χ0v) is 12.8. The summed E-state index contributed by atoms with van der Waals surface area (Å²) in [7, 11) is 1.91. The fraction of sp³-hybridized carbons (Fsp3) is 0.375. The molecule has 2 heterocycles. The molecule has 1 fully saturated rings. The number of aromatic carboxylic acids is 1. The van der Waals surface area contributed by atoms with Gasteiger partial charge in [0.25, 0.3) is 0 Å². The summed E-state index contributed by atoms with van der Waals surface area (Å²) >= 11 is 0. The van der Waals surface area contributed by atoms with E-state index in [4.69, 9.17) is 9.84 Å². The third-order valence-electron chi connectivity index (χ3n) is 3.82. The highest BCUT2D eigenvalue weighted by Gasteiger charge is 2.33. The lowest BCUT2D eigenvalue weighted by molar-refractivity contribution is 0.0688. The molecule has 0 unspecified atom stereocenters. The molecule has 0 saturated carbocycles. The number of β-amino-alcohol motifs (C(OH)–C–C–N with tert-alkyl or cyclic N) is 1. The highest BCUT2D eigenvalue weighted by Crippen LogP contribution is 2.21. The number of hydrogen-bond acceptors (Lipinski definition) is 5. The van der Waals surface area contributed by atoms with Crippen LogP contribution in [0.2, 0.25) is 0 Å². The largest absolute Gasteiger partial charge is 0.486 e. The Bertz CT molecular complexity index is 700. The standard InChI is InChI=1S/C16H19N3O4/c1-18-6-12(17-10-18)7-19-8-14(20)15(9-19)23-13-4-2-3-11(5-13)16(21)22/h2-6,10,14-15,20H,7-9H2,1H3,(H,21,22)/t14-,15-/m1/s1. The molecule has 7 heteroatoms. The summed E-state index contributed by atoms with van der Waals surface area (Å²) in [5.74, 6) is -0.548. The zero-order chi connectivity index (χ0) is 16.4. The highest BCUT2D eigenvalue weighted by atomic mass is 16.5. The van der Waals surface area contributed by atoms with Crippen LogP contribution in [0.4, 0.5) is 0 Å². The molecule has 0 amide bonds. The number of imidazole rings is 1. The van der Waals surface area contributed by atoms with E-state index in [1.165, 1.54) is 12.1 Å². The lowest BCUT2D eigenvalue weighted by Gasteiger charge is -2.17. The molecule has 0 aliphatic carbocycles. The van der Waals surface area contributed by atoms with E-state index in [0.717, 1.165) is 5.69 Å². The number of aromatic nitrogens is 2. The molecule has 1 aromatic heterocycles. The van der Waals surface area contributed by atoms with Crippen LogP contribution in [0.5, 0.6) is 5.75 Å². The normalized spacial score (nSPS) is 21.5. The van der Waals surface area contributed by atoms with Gasteiger partial charge in [-0.05, 0) is 18.2 Å². The third kappa shape index (κ3) is 3.69. The van der Waals surface area contributed by atoms with Gasteiger partial charge in [-0.1, -0.05) is 6.07 Å². The monoisotopic (exact) mass is 317 g/mol. The second-order valence-electron chi connectivity index (χ2n) is 5.78. The number of nitrogens with zero attached hydrogens (tertiary/aromatic N) is 3. The minimum atomic E-state index is -1.00. The van der Waals surface area contributed by atoms with Gasteiger partial charge in [-0.25, -0.2) is 9.78 Å². The summed E-state index contributed by atoms with van der Waals surface area (Å²) in [4.78, 5) is 17.3. The quantitative estimate of drug-likeness (QED) is 0.846. The predicted octanol–water partition coefficient (Wildman–Crippen LogP) is 0.742. The van der Waals surface area contributed by atoms with Crippen molar-refractivity contribution in [2.75, 3.05) is 13.1 Å². The average molecular weight is 317 g/mol. The van der Waals surface area contributed by atoms with E-state index in [1.807, 2.05) is 17.8 Å². The molecular weight excluding hydrogens is 298 g/mol. The molecule has 0 radical (unpaired) electrons. The van der Waals surface area contributed by atoms with E-state index in [9.17, 15) is 9.90 Å². The number of aliphatic hydroxyl groups is 1. The van der Waals surface area contributed by atoms with Gasteiger partial charge in [-0.3, -0.25) is 4.90 Å². The van der Waals surface area contributed by atoms with Gasteiger partial charge < -0.3 is 19.5 Å². The maximum atomic E-state index is 11.0. The lowest BCUT2D eigenvalue weighted by Crippen LogP contribution is -2.30. The predicted molar refractivity (Wildman–Crippen MR) is 82.3 cm³/mol. The van der Waals surface area contributed by atoms with Crippen LogP contribution in [0.3, 0.4) is 0 Å². The number of aryl methyl sites for hydroxylation is 1. The second kappa shape index (κ2) is 6.39. The van der Waals surface area contributed by atoms with Crippen molar-refractivity contribution >= 4 is 5.97 Å². The summed E-state index contributed by atoms with van der Waals surface area (Å²) < 4.78 is 7.65. The molecule has 2 aromatic rings. The number of benzene rings is 1. The Balaban J connectivity index is 1.62. The third-order valence-corrected chi connectivity index (χ3v) is 3.82. The minimum absolute atomic E-state index is 0.167. The van der Waals surface area contributed by atoms with E-state index >= 15 is 0 Å². The molecule has 0 spiro atoms. The first-order valence-electron chi connectivity index (χ1n) is 7.38. The molecule has 1 saturated heterocycles. The number of aliphatic hydroxyl groups excluding tert-OH is 1. The van der Waals surface area contributed by atoms with E-state index in [-0.39, 0.29) is 11.7 Å². The fourth-order valence-electron chi connectivity index (χ4n) is 2.73. The Labute approximate surface area is 133 Å². The molecule has 1 aliphatic rings. The summed E-state index contributed by atoms with van der Waals surface area (Å²) in [5, 5.41) is 19.2. The number of carboxylic acid groups (broad SMARTS) is 1. The smallest absolute Gasteiger partial charge is 0.335 e. The van der Waals surface area contributed by atoms with Crippen LogP contribution in [0.25, 0.3) is 0 Å². The first-order valence-corrected chi connectivity index (χ1v) is 7.38. The Morgan fingerprint density at radius 3 is 2.96 bits per heavy atom. The first kappa shape index (κ1) is 15.5. The summed E-state index contributed by atoms with van der Waals surface area (Å²) in [6, 6.07) is 6.30. The number of rotatable bonds is 5. The van der Waals surface area contributed by atoms with Crippen molar-refractivity contribution in [1.29, 1.82) is 0 Å². The number of carboxylic acids is 1. The Morgan fingerprint density at radius 2 is 2.26 bits per heavy atom. The van der Waals surface area contributed by atoms with Gasteiger partial charge in [0.2, 0.25) is 0 Å². The Kier molecular flexibility index (Phi) is 4.31. The van der Waals surface area contributed by atoms with E-state index in [2.05, 4.69) is 9.88 Å². The average Bonchev–Trinajstić information content (AvgIpc) is 3.06. The van der Waals surface area contributed by atoms with Gasteiger partial charge in [-0.2, -0.15) is 0 Å². The zero-order valence-electron chi connectivity index (χ0n) is 12.8. The van der Waals surface area contributed by atoms with Crippen molar-refractivity contribution in [3.8, 4) is 5.75 Å². The van der Waals surface area contributed by atoms with Gasteiger partial charge >= 0.3 is 5.97 Å². The van der Waals surface area contributed by atoms with Crippen LogP contribution >= 0.6 is 0 Å². The van der Waals surface area contributed by atoms with Gasteiger partial charge in [-0.15, -0.1) is 0 Å². The molecule has 1 aromatic carbocycles. The van der Waals surface area contributed by atoms with Crippen molar-refractivity contribution in [1.82, 2.24) is 14.5 Å². The van der Waals surface area contributed by atoms with Crippen LogP contribution in [0, 0.1) is 0 Å². The van der Waals surface area contributed by atoms with Crippen LogP contribution in [0.15, 0.2) is 36.8 Å². The van der Waals surface area contributed by atoms with Crippen LogP contribution in [-0.2, 0) is 13.6 Å². The molecule has 1 aliphatic heterocycles. The van der Waals surface area contributed by atoms with Crippen molar-refractivity contribution in [3.63, 3.8) is 0 Å². The molecule has 2 atom stereocenters. The topological polar surface area (TPSA) is 87.8 Å². The van der Waals surface area contributed by atoms with Crippen LogP contribution in [-0.4, -0.2) is 55.9 Å². The van der Waals surface area contributed by atoms with E-state index in [1.54, 1.807) is 18.5 Å². The number of carbonyl (C=O) groups is 1. The molecule has 122 valence electrons. The molecule has 7 nitrogen and oxygen atoms in total. The Morgan fingerprint density at radius 1 is 1.43 bits per heavy atom. The highest BCUT2D eigenvalue weighted by molar-refractivity contribution is 5.88. The van der Waals surface area contributed by atoms with Crippen LogP contribution in [0.1, 0.15) is 16.1 Å². The van der Waals surface area contributed by atoms with Crippen molar-refractivity contribution in [2.45, 2.75) is 18.8 Å². The van der Waals surface area contributed by atoms with Gasteiger partial charge in [0.05, 0.1) is 17.6 Å². The van der Waals surface area contributed by atoms with Crippen LogP contribution < -0.4 is 4.74 Å². The number of hydrogen-bond donors (Lipinski definition) is 2.